The van der Waals surface area contributed by atoms with Gasteiger partial charge in [-0.25, -0.2) is 4.68 Å². The van der Waals surface area contributed by atoms with Crippen LogP contribution in [0.1, 0.15) is 16.8 Å². The molecule has 2 aromatic carbocycles. The summed E-state index contributed by atoms with van der Waals surface area (Å²) in [4.78, 5) is 13.4. The summed E-state index contributed by atoms with van der Waals surface area (Å²) in [5.74, 6) is 1.01. The second kappa shape index (κ2) is 7.57. The Balaban J connectivity index is 1.69. The van der Waals surface area contributed by atoms with Crippen molar-refractivity contribution in [1.29, 1.82) is 0 Å². The summed E-state index contributed by atoms with van der Waals surface area (Å²) in [6.45, 7) is 6.01. The fourth-order valence-corrected chi connectivity index (χ4v) is 3.13. The van der Waals surface area contributed by atoms with Crippen molar-refractivity contribution in [2.24, 2.45) is 0 Å². The van der Waals surface area contributed by atoms with Crippen LogP contribution < -0.4 is 5.32 Å². The number of carbonyl (C=O) groups is 1. The fourth-order valence-electron chi connectivity index (χ4n) is 2.43. The lowest BCUT2D eigenvalue weighted by atomic mass is 10.2. The molecule has 128 valence electrons. The van der Waals surface area contributed by atoms with Crippen molar-refractivity contribution < 1.29 is 4.79 Å². The Morgan fingerprint density at radius 1 is 1.00 bits per heavy atom. The van der Waals surface area contributed by atoms with Gasteiger partial charge < -0.3 is 5.32 Å². The number of aryl methyl sites for hydroxylation is 3. The maximum Gasteiger partial charge on any atom is 0.235 e. The Morgan fingerprint density at radius 2 is 1.60 bits per heavy atom. The van der Waals surface area contributed by atoms with Crippen LogP contribution in [0.3, 0.4) is 0 Å². The predicted molar refractivity (Wildman–Crippen MR) is 104 cm³/mol. The molecule has 4 nitrogen and oxygen atoms in total. The molecule has 25 heavy (non-hydrogen) atoms. The van der Waals surface area contributed by atoms with E-state index in [4.69, 9.17) is 0 Å². The standard InChI is InChI=1S/C20H21N3OS/c1-14-4-8-17(9-5-14)23-19(12-16(3)22-23)21-20(24)13-25-18-10-6-15(2)7-11-18/h4-12H,13H2,1-3H3,(H,21,24). The molecule has 0 fully saturated rings. The monoisotopic (exact) mass is 351 g/mol. The molecule has 0 saturated heterocycles. The highest BCUT2D eigenvalue weighted by Gasteiger charge is 2.11. The lowest BCUT2D eigenvalue weighted by molar-refractivity contribution is -0.113. The SMILES string of the molecule is Cc1ccc(SCC(=O)Nc2cc(C)nn2-c2ccc(C)cc2)cc1. The third-order valence-electron chi connectivity index (χ3n) is 3.77. The third-order valence-corrected chi connectivity index (χ3v) is 4.78. The van der Waals surface area contributed by atoms with Gasteiger partial charge in [0.15, 0.2) is 0 Å². The van der Waals surface area contributed by atoms with Crippen LogP contribution in [0.2, 0.25) is 0 Å². The van der Waals surface area contributed by atoms with Crippen LogP contribution in [-0.2, 0) is 4.79 Å². The molecule has 3 aromatic rings. The molecule has 1 amide bonds. The van der Waals surface area contributed by atoms with E-state index in [1.54, 1.807) is 4.68 Å². The molecule has 0 aliphatic rings. The van der Waals surface area contributed by atoms with Crippen molar-refractivity contribution in [3.8, 4) is 5.69 Å². The van der Waals surface area contributed by atoms with Gasteiger partial charge in [0.2, 0.25) is 5.91 Å². The van der Waals surface area contributed by atoms with E-state index in [0.717, 1.165) is 16.3 Å². The topological polar surface area (TPSA) is 46.9 Å². The minimum atomic E-state index is -0.0427. The summed E-state index contributed by atoms with van der Waals surface area (Å²) in [5.41, 5.74) is 4.20. The lowest BCUT2D eigenvalue weighted by Crippen LogP contribution is -2.16. The number of benzene rings is 2. The summed E-state index contributed by atoms with van der Waals surface area (Å²) in [6, 6.07) is 18.1. The number of rotatable bonds is 5. The average molecular weight is 351 g/mol. The number of hydrogen-bond acceptors (Lipinski definition) is 3. The smallest absolute Gasteiger partial charge is 0.235 e. The van der Waals surface area contributed by atoms with Crippen LogP contribution in [0.15, 0.2) is 59.5 Å². The zero-order chi connectivity index (χ0) is 17.8. The minimum absolute atomic E-state index is 0.0427. The van der Waals surface area contributed by atoms with Crippen LogP contribution in [-0.4, -0.2) is 21.4 Å². The number of anilines is 1. The largest absolute Gasteiger partial charge is 0.310 e. The van der Waals surface area contributed by atoms with Crippen LogP contribution in [0, 0.1) is 20.8 Å². The Morgan fingerprint density at radius 3 is 2.24 bits per heavy atom. The van der Waals surface area contributed by atoms with Gasteiger partial charge in [-0.2, -0.15) is 5.10 Å². The molecule has 1 N–H and O–H groups in total. The average Bonchev–Trinajstić information content (AvgIpc) is 2.95. The Kier molecular flexibility index (Phi) is 5.24. The van der Waals surface area contributed by atoms with E-state index in [-0.39, 0.29) is 5.91 Å². The first kappa shape index (κ1) is 17.3. The molecule has 5 heteroatoms. The quantitative estimate of drug-likeness (QED) is 0.687. The number of amides is 1. The van der Waals surface area contributed by atoms with Gasteiger partial charge in [-0.15, -0.1) is 11.8 Å². The number of thioether (sulfide) groups is 1. The number of hydrogen-bond donors (Lipinski definition) is 1. The van der Waals surface area contributed by atoms with Crippen LogP contribution in [0.5, 0.6) is 0 Å². The molecular formula is C20H21N3OS. The van der Waals surface area contributed by atoms with Crippen molar-refractivity contribution in [3.63, 3.8) is 0 Å². The normalized spacial score (nSPS) is 10.7. The second-order valence-electron chi connectivity index (χ2n) is 6.07. The Labute approximate surface area is 152 Å². The summed E-state index contributed by atoms with van der Waals surface area (Å²) in [5, 5.41) is 7.45. The van der Waals surface area contributed by atoms with Gasteiger partial charge in [0.25, 0.3) is 0 Å². The lowest BCUT2D eigenvalue weighted by Gasteiger charge is -2.09. The summed E-state index contributed by atoms with van der Waals surface area (Å²) >= 11 is 1.53. The molecule has 0 spiro atoms. The highest BCUT2D eigenvalue weighted by Crippen LogP contribution is 2.20. The first-order valence-corrected chi connectivity index (χ1v) is 9.13. The van der Waals surface area contributed by atoms with Crippen LogP contribution in [0.4, 0.5) is 5.82 Å². The molecule has 0 unspecified atom stereocenters. The van der Waals surface area contributed by atoms with E-state index in [9.17, 15) is 4.79 Å². The minimum Gasteiger partial charge on any atom is -0.310 e. The fraction of sp³-hybridized carbons (Fsp3) is 0.200. The number of nitrogens with zero attached hydrogens (tertiary/aromatic N) is 2. The molecule has 0 atom stereocenters. The molecule has 0 radical (unpaired) electrons. The van der Waals surface area contributed by atoms with Gasteiger partial charge in [0.05, 0.1) is 17.1 Å². The van der Waals surface area contributed by atoms with Gasteiger partial charge in [0, 0.05) is 11.0 Å². The summed E-state index contributed by atoms with van der Waals surface area (Å²) in [7, 11) is 0. The van der Waals surface area contributed by atoms with E-state index >= 15 is 0 Å². The van der Waals surface area contributed by atoms with Crippen molar-refractivity contribution in [3.05, 3.63) is 71.4 Å². The van der Waals surface area contributed by atoms with Crippen molar-refractivity contribution >= 4 is 23.5 Å². The molecule has 0 bridgehead atoms. The zero-order valence-corrected chi connectivity index (χ0v) is 15.4. The first-order chi connectivity index (χ1) is 12.0. The van der Waals surface area contributed by atoms with Gasteiger partial charge in [-0.3, -0.25) is 4.79 Å². The molecular weight excluding hydrogens is 330 g/mol. The molecule has 0 aliphatic carbocycles. The van der Waals surface area contributed by atoms with Gasteiger partial charge in [-0.05, 0) is 45.0 Å². The highest BCUT2D eigenvalue weighted by atomic mass is 32.2. The first-order valence-electron chi connectivity index (χ1n) is 8.14. The van der Waals surface area contributed by atoms with E-state index < -0.39 is 0 Å². The number of aromatic nitrogens is 2. The maximum absolute atomic E-state index is 12.3. The highest BCUT2D eigenvalue weighted by molar-refractivity contribution is 8.00. The van der Waals surface area contributed by atoms with E-state index in [1.807, 2.05) is 56.3 Å². The number of carbonyl (C=O) groups excluding carboxylic acids is 1. The summed E-state index contributed by atoms with van der Waals surface area (Å²) < 4.78 is 1.77. The van der Waals surface area contributed by atoms with Crippen molar-refractivity contribution in [2.45, 2.75) is 25.7 Å². The third kappa shape index (κ3) is 4.51. The molecule has 1 heterocycles. The Hall–Kier alpha value is -2.53. The van der Waals surface area contributed by atoms with Crippen molar-refractivity contribution in [2.75, 3.05) is 11.1 Å². The molecule has 0 aliphatic heterocycles. The second-order valence-corrected chi connectivity index (χ2v) is 7.12. The van der Waals surface area contributed by atoms with Gasteiger partial charge in [-0.1, -0.05) is 35.4 Å². The molecule has 0 saturated carbocycles. The van der Waals surface area contributed by atoms with E-state index in [0.29, 0.717) is 11.6 Å². The van der Waals surface area contributed by atoms with Crippen molar-refractivity contribution in [1.82, 2.24) is 9.78 Å². The van der Waals surface area contributed by atoms with E-state index in [1.165, 1.54) is 22.9 Å². The maximum atomic E-state index is 12.3. The van der Waals surface area contributed by atoms with Crippen LogP contribution in [0.25, 0.3) is 5.69 Å². The molecule has 3 rings (SSSR count). The van der Waals surface area contributed by atoms with Gasteiger partial charge in [0.1, 0.15) is 5.82 Å². The van der Waals surface area contributed by atoms with E-state index in [2.05, 4.69) is 29.5 Å². The number of nitrogens with one attached hydrogen (secondary N) is 1. The molecule has 1 aromatic heterocycles. The Bertz CT molecular complexity index is 867. The predicted octanol–water partition coefficient (Wildman–Crippen LogP) is 4.53. The van der Waals surface area contributed by atoms with Crippen LogP contribution >= 0.6 is 11.8 Å². The summed E-state index contributed by atoms with van der Waals surface area (Å²) in [6.07, 6.45) is 0. The zero-order valence-electron chi connectivity index (χ0n) is 14.6. The van der Waals surface area contributed by atoms with Gasteiger partial charge >= 0.3 is 0 Å².